The van der Waals surface area contributed by atoms with E-state index in [1.165, 1.54) is 0 Å². The first-order valence-corrected chi connectivity index (χ1v) is 6.35. The van der Waals surface area contributed by atoms with Crippen molar-refractivity contribution in [1.29, 1.82) is 0 Å². The van der Waals surface area contributed by atoms with Crippen molar-refractivity contribution in [3.05, 3.63) is 23.8 Å². The molecule has 0 radical (unpaired) electrons. The highest BCUT2D eigenvalue weighted by molar-refractivity contribution is 5.96. The summed E-state index contributed by atoms with van der Waals surface area (Å²) in [7, 11) is 0. The summed E-state index contributed by atoms with van der Waals surface area (Å²) in [5.74, 6) is -0.0921. The van der Waals surface area contributed by atoms with E-state index in [0.29, 0.717) is 17.8 Å². The molecule has 1 amide bonds. The summed E-state index contributed by atoms with van der Waals surface area (Å²) in [4.78, 5) is 11.7. The molecule has 0 aromatic heterocycles. The fourth-order valence-electron chi connectivity index (χ4n) is 1.53. The summed E-state index contributed by atoms with van der Waals surface area (Å²) in [6.45, 7) is 8.85. The maximum Gasteiger partial charge on any atom is 0.251 e. The second-order valence-corrected chi connectivity index (χ2v) is 5.02. The smallest absolute Gasteiger partial charge is 0.251 e. The van der Waals surface area contributed by atoms with Gasteiger partial charge in [-0.15, -0.1) is 0 Å². The van der Waals surface area contributed by atoms with Gasteiger partial charge in [-0.2, -0.15) is 0 Å². The third kappa shape index (κ3) is 3.65. The molecule has 100 valence electrons. The number of hydrogen-bond acceptors (Lipinski definition) is 3. The van der Waals surface area contributed by atoms with Crippen LogP contribution in [-0.2, 0) is 0 Å². The predicted molar refractivity (Wildman–Crippen MR) is 76.9 cm³/mol. The van der Waals surface area contributed by atoms with Gasteiger partial charge < -0.3 is 16.4 Å². The molecule has 0 aliphatic heterocycles. The molecule has 1 aromatic carbocycles. The van der Waals surface area contributed by atoms with Gasteiger partial charge in [0.15, 0.2) is 0 Å². The Hall–Kier alpha value is -1.71. The van der Waals surface area contributed by atoms with E-state index in [-0.39, 0.29) is 11.4 Å². The number of anilines is 2. The largest absolute Gasteiger partial charge is 0.397 e. The van der Waals surface area contributed by atoms with Crippen molar-refractivity contribution in [2.24, 2.45) is 0 Å². The van der Waals surface area contributed by atoms with E-state index in [4.69, 9.17) is 5.73 Å². The van der Waals surface area contributed by atoms with Crippen molar-refractivity contribution in [3.63, 3.8) is 0 Å². The van der Waals surface area contributed by atoms with Crippen LogP contribution in [0.5, 0.6) is 0 Å². The third-order valence-electron chi connectivity index (χ3n) is 3.01. The van der Waals surface area contributed by atoms with E-state index in [0.717, 1.165) is 12.1 Å². The molecule has 0 bridgehead atoms. The molecular weight excluding hydrogens is 226 g/mol. The van der Waals surface area contributed by atoms with Crippen molar-refractivity contribution in [2.75, 3.05) is 17.6 Å². The minimum atomic E-state index is -0.0921. The van der Waals surface area contributed by atoms with Gasteiger partial charge in [-0.05, 0) is 45.4 Å². The number of nitrogens with two attached hydrogens (primary N) is 1. The molecule has 0 saturated carbocycles. The molecule has 4 N–H and O–H groups in total. The summed E-state index contributed by atoms with van der Waals surface area (Å²) in [5.41, 5.74) is 8.02. The average molecular weight is 249 g/mol. The molecular formula is C14H23N3O. The fourth-order valence-corrected chi connectivity index (χ4v) is 1.53. The maximum atomic E-state index is 11.7. The van der Waals surface area contributed by atoms with Crippen LogP contribution in [0, 0.1) is 0 Å². The highest BCUT2D eigenvalue weighted by Gasteiger charge is 2.16. The van der Waals surface area contributed by atoms with Crippen LogP contribution in [0.1, 0.15) is 44.5 Å². The van der Waals surface area contributed by atoms with E-state index in [9.17, 15) is 4.79 Å². The minimum Gasteiger partial charge on any atom is -0.397 e. The third-order valence-corrected chi connectivity index (χ3v) is 3.01. The monoisotopic (exact) mass is 249 g/mol. The van der Waals surface area contributed by atoms with Crippen molar-refractivity contribution < 1.29 is 4.79 Å². The van der Waals surface area contributed by atoms with Crippen molar-refractivity contribution in [1.82, 2.24) is 5.32 Å². The van der Waals surface area contributed by atoms with Gasteiger partial charge in [-0.1, -0.05) is 6.92 Å². The summed E-state index contributed by atoms with van der Waals surface area (Å²) in [5, 5.41) is 6.13. The van der Waals surface area contributed by atoms with Crippen LogP contribution >= 0.6 is 0 Å². The molecule has 0 aliphatic rings. The molecule has 4 nitrogen and oxygen atoms in total. The number of rotatable bonds is 5. The molecule has 0 unspecified atom stereocenters. The van der Waals surface area contributed by atoms with E-state index < -0.39 is 0 Å². The van der Waals surface area contributed by atoms with Crippen LogP contribution in [0.15, 0.2) is 18.2 Å². The summed E-state index contributed by atoms with van der Waals surface area (Å²) >= 11 is 0. The summed E-state index contributed by atoms with van der Waals surface area (Å²) in [6.07, 6.45) is 0.991. The van der Waals surface area contributed by atoms with Crippen molar-refractivity contribution in [3.8, 4) is 0 Å². The molecule has 1 rings (SSSR count). The molecule has 1 aromatic rings. The lowest BCUT2D eigenvalue weighted by Crippen LogP contribution is -2.30. The van der Waals surface area contributed by atoms with Gasteiger partial charge in [0.2, 0.25) is 0 Å². The fraction of sp³-hybridized carbons (Fsp3) is 0.500. The standard InChI is InChI=1S/C14H23N3O/c1-5-14(3,4)17-12-8-7-10(9-11(12)15)13(18)16-6-2/h7-9,17H,5-6,15H2,1-4H3,(H,16,18). The SMILES string of the molecule is CCNC(=O)c1ccc(NC(C)(C)CC)c(N)c1. The van der Waals surface area contributed by atoms with Crippen LogP contribution in [0.25, 0.3) is 0 Å². The first-order valence-electron chi connectivity index (χ1n) is 6.35. The zero-order chi connectivity index (χ0) is 13.8. The number of carbonyl (C=O) groups excluding carboxylic acids is 1. The highest BCUT2D eigenvalue weighted by Crippen LogP contribution is 2.24. The van der Waals surface area contributed by atoms with E-state index in [2.05, 4.69) is 31.4 Å². The molecule has 0 heterocycles. The zero-order valence-corrected chi connectivity index (χ0v) is 11.6. The molecule has 4 heteroatoms. The molecule has 0 aliphatic carbocycles. The lowest BCUT2D eigenvalue weighted by molar-refractivity contribution is 0.0956. The number of benzene rings is 1. The Morgan fingerprint density at radius 2 is 2.00 bits per heavy atom. The number of nitrogen functional groups attached to an aromatic ring is 1. The minimum absolute atomic E-state index is 0.0126. The van der Waals surface area contributed by atoms with Crippen LogP contribution in [0.2, 0.25) is 0 Å². The van der Waals surface area contributed by atoms with E-state index >= 15 is 0 Å². The van der Waals surface area contributed by atoms with Gasteiger partial charge >= 0.3 is 0 Å². The van der Waals surface area contributed by atoms with E-state index in [1.807, 2.05) is 13.0 Å². The number of carbonyl (C=O) groups is 1. The predicted octanol–water partition coefficient (Wildman–Crippen LogP) is 2.62. The normalized spacial score (nSPS) is 11.1. The van der Waals surface area contributed by atoms with Crippen LogP contribution in [-0.4, -0.2) is 18.0 Å². The maximum absolute atomic E-state index is 11.7. The Bertz CT molecular complexity index is 427. The van der Waals surface area contributed by atoms with Crippen molar-refractivity contribution >= 4 is 17.3 Å². The van der Waals surface area contributed by atoms with Crippen LogP contribution in [0.3, 0.4) is 0 Å². The molecule has 0 fully saturated rings. The lowest BCUT2D eigenvalue weighted by atomic mass is 10.0. The van der Waals surface area contributed by atoms with Crippen molar-refractivity contribution in [2.45, 2.75) is 39.7 Å². The highest BCUT2D eigenvalue weighted by atomic mass is 16.1. The summed E-state index contributed by atoms with van der Waals surface area (Å²) in [6, 6.07) is 5.35. The zero-order valence-electron chi connectivity index (χ0n) is 11.6. The van der Waals surface area contributed by atoms with Gasteiger partial charge in [0.25, 0.3) is 5.91 Å². The summed E-state index contributed by atoms with van der Waals surface area (Å²) < 4.78 is 0. The Kier molecular flexibility index (Phi) is 4.59. The van der Waals surface area contributed by atoms with E-state index in [1.54, 1.807) is 12.1 Å². The average Bonchev–Trinajstić information content (AvgIpc) is 2.32. The van der Waals surface area contributed by atoms with Crippen LogP contribution in [0.4, 0.5) is 11.4 Å². The Morgan fingerprint density at radius 1 is 1.33 bits per heavy atom. The second-order valence-electron chi connectivity index (χ2n) is 5.02. The lowest BCUT2D eigenvalue weighted by Gasteiger charge is -2.27. The van der Waals surface area contributed by atoms with Gasteiger partial charge in [0, 0.05) is 17.6 Å². The number of nitrogens with one attached hydrogen (secondary N) is 2. The Balaban J connectivity index is 2.89. The van der Waals surface area contributed by atoms with Gasteiger partial charge in [0.05, 0.1) is 11.4 Å². The van der Waals surface area contributed by atoms with Gasteiger partial charge in [-0.25, -0.2) is 0 Å². The molecule has 0 atom stereocenters. The second kappa shape index (κ2) is 5.76. The molecule has 0 spiro atoms. The molecule has 18 heavy (non-hydrogen) atoms. The Labute approximate surface area is 109 Å². The topological polar surface area (TPSA) is 67.2 Å². The quantitative estimate of drug-likeness (QED) is 0.703. The van der Waals surface area contributed by atoms with Crippen LogP contribution < -0.4 is 16.4 Å². The van der Waals surface area contributed by atoms with Gasteiger partial charge in [-0.3, -0.25) is 4.79 Å². The Morgan fingerprint density at radius 3 is 2.50 bits per heavy atom. The number of amides is 1. The first-order chi connectivity index (χ1) is 8.39. The number of hydrogen-bond donors (Lipinski definition) is 3. The van der Waals surface area contributed by atoms with Gasteiger partial charge in [0.1, 0.15) is 0 Å². The first kappa shape index (κ1) is 14.4. The molecule has 0 saturated heterocycles.